The lowest BCUT2D eigenvalue weighted by molar-refractivity contribution is 0.119. The monoisotopic (exact) mass is 236 g/mol. The van der Waals surface area contributed by atoms with Crippen LogP contribution in [0, 0.1) is 5.92 Å². The Bertz CT molecular complexity index is 304. The fourth-order valence-electron chi connectivity index (χ4n) is 2.26. The second-order valence-corrected chi connectivity index (χ2v) is 6.07. The molecule has 2 unspecified atom stereocenters. The van der Waals surface area contributed by atoms with Crippen LogP contribution in [0.5, 0.6) is 0 Å². The molecular weight excluding hydrogens is 216 g/mol. The Balaban J connectivity index is 2.76. The van der Waals surface area contributed by atoms with E-state index >= 15 is 0 Å². The summed E-state index contributed by atoms with van der Waals surface area (Å²) in [7, 11) is -2.11. The number of rotatable bonds is 4. The highest BCUT2D eigenvalue weighted by Gasteiger charge is 2.37. The van der Waals surface area contributed by atoms with Crippen molar-refractivity contribution in [3.05, 3.63) is 0 Å². The van der Waals surface area contributed by atoms with Gasteiger partial charge in [-0.3, -0.25) is 0 Å². The predicted molar refractivity (Wildman–Crippen MR) is 58.6 cm³/mol. The number of aliphatic hydroxyl groups is 1. The van der Waals surface area contributed by atoms with E-state index in [-0.39, 0.29) is 6.61 Å². The summed E-state index contributed by atoms with van der Waals surface area (Å²) in [4.78, 5) is 0. The molecule has 1 fully saturated rings. The Labute approximate surface area is 91.4 Å². The van der Waals surface area contributed by atoms with Gasteiger partial charge < -0.3 is 5.11 Å². The fourth-order valence-corrected chi connectivity index (χ4v) is 3.19. The van der Waals surface area contributed by atoms with Crippen LogP contribution >= 0.6 is 0 Å². The van der Waals surface area contributed by atoms with Crippen LogP contribution in [0.25, 0.3) is 0 Å². The molecule has 1 aliphatic carbocycles. The molecule has 0 saturated heterocycles. The Hall–Kier alpha value is -0.170. The lowest BCUT2D eigenvalue weighted by atomic mass is 9.78. The van der Waals surface area contributed by atoms with Crippen molar-refractivity contribution < 1.29 is 13.5 Å². The van der Waals surface area contributed by atoms with Crippen LogP contribution in [0.15, 0.2) is 0 Å². The SMILES string of the molecule is CNS(=O)(=O)NC1(CO)CCCC(C)C1. The van der Waals surface area contributed by atoms with Gasteiger partial charge in [0.25, 0.3) is 10.2 Å². The van der Waals surface area contributed by atoms with Crippen molar-refractivity contribution in [1.29, 1.82) is 0 Å². The maximum absolute atomic E-state index is 11.4. The lowest BCUT2D eigenvalue weighted by Gasteiger charge is -2.38. The van der Waals surface area contributed by atoms with E-state index in [1.165, 1.54) is 7.05 Å². The number of aliphatic hydroxyl groups excluding tert-OH is 1. The van der Waals surface area contributed by atoms with Crippen LogP contribution < -0.4 is 9.44 Å². The second-order valence-electron chi connectivity index (χ2n) is 4.45. The highest BCUT2D eigenvalue weighted by atomic mass is 32.2. The average Bonchev–Trinajstić information content (AvgIpc) is 2.17. The number of hydrogen-bond donors (Lipinski definition) is 3. The molecule has 0 bridgehead atoms. The van der Waals surface area contributed by atoms with Gasteiger partial charge in [0.2, 0.25) is 0 Å². The normalized spacial score (nSPS) is 32.9. The Morgan fingerprint density at radius 3 is 2.67 bits per heavy atom. The van der Waals surface area contributed by atoms with E-state index in [0.717, 1.165) is 12.8 Å². The maximum Gasteiger partial charge on any atom is 0.277 e. The van der Waals surface area contributed by atoms with E-state index in [1.807, 2.05) is 0 Å². The molecule has 0 aliphatic heterocycles. The number of nitrogens with one attached hydrogen (secondary N) is 2. The first-order valence-corrected chi connectivity index (χ1v) is 6.75. The van der Waals surface area contributed by atoms with Crippen molar-refractivity contribution in [2.24, 2.45) is 5.92 Å². The first kappa shape index (κ1) is 12.9. The zero-order valence-corrected chi connectivity index (χ0v) is 10.1. The molecule has 0 amide bonds. The van der Waals surface area contributed by atoms with Gasteiger partial charge in [-0.2, -0.15) is 13.1 Å². The minimum Gasteiger partial charge on any atom is -0.394 e. The zero-order chi connectivity index (χ0) is 11.5. The van der Waals surface area contributed by atoms with E-state index in [0.29, 0.717) is 18.8 Å². The molecule has 5 nitrogen and oxygen atoms in total. The summed E-state index contributed by atoms with van der Waals surface area (Å²) in [5, 5.41) is 9.36. The topological polar surface area (TPSA) is 78.4 Å². The maximum atomic E-state index is 11.4. The van der Waals surface area contributed by atoms with Crippen molar-refractivity contribution in [1.82, 2.24) is 9.44 Å². The molecule has 0 aromatic rings. The van der Waals surface area contributed by atoms with Crippen LogP contribution in [-0.2, 0) is 10.2 Å². The third kappa shape index (κ3) is 3.41. The molecule has 3 N–H and O–H groups in total. The van der Waals surface area contributed by atoms with Gasteiger partial charge in [-0.15, -0.1) is 0 Å². The van der Waals surface area contributed by atoms with Crippen LogP contribution in [0.4, 0.5) is 0 Å². The van der Waals surface area contributed by atoms with Gasteiger partial charge in [0, 0.05) is 7.05 Å². The van der Waals surface area contributed by atoms with Crippen LogP contribution in [0.3, 0.4) is 0 Å². The standard InChI is InChI=1S/C9H20N2O3S/c1-8-4-3-5-9(6-8,7-12)11-15(13,14)10-2/h8,10-12H,3-7H2,1-2H3. The van der Waals surface area contributed by atoms with Gasteiger partial charge in [-0.1, -0.05) is 19.8 Å². The van der Waals surface area contributed by atoms with Crippen molar-refractivity contribution >= 4 is 10.2 Å². The largest absolute Gasteiger partial charge is 0.394 e. The Morgan fingerprint density at radius 2 is 2.20 bits per heavy atom. The third-order valence-corrected chi connectivity index (χ3v) is 4.25. The summed E-state index contributed by atoms with van der Waals surface area (Å²) in [6.45, 7) is 1.94. The van der Waals surface area contributed by atoms with Crippen LogP contribution in [-0.4, -0.2) is 32.7 Å². The molecule has 0 radical (unpaired) electrons. The molecule has 1 rings (SSSR count). The highest BCUT2D eigenvalue weighted by molar-refractivity contribution is 7.87. The zero-order valence-electron chi connectivity index (χ0n) is 9.28. The summed E-state index contributed by atoms with van der Waals surface area (Å²) in [5.41, 5.74) is -0.667. The minimum absolute atomic E-state index is 0.141. The summed E-state index contributed by atoms with van der Waals surface area (Å²) >= 11 is 0. The highest BCUT2D eigenvalue weighted by Crippen LogP contribution is 2.32. The predicted octanol–water partition coefficient (Wildman–Crippen LogP) is -0.0186. The molecule has 6 heteroatoms. The minimum atomic E-state index is -3.47. The van der Waals surface area contributed by atoms with Crippen molar-refractivity contribution in [3.63, 3.8) is 0 Å². The van der Waals surface area contributed by atoms with E-state index in [4.69, 9.17) is 0 Å². The van der Waals surface area contributed by atoms with Gasteiger partial charge in [-0.05, 0) is 18.8 Å². The molecule has 1 saturated carbocycles. The first-order valence-electron chi connectivity index (χ1n) is 5.26. The quantitative estimate of drug-likeness (QED) is 0.642. The first-order chi connectivity index (χ1) is 6.93. The van der Waals surface area contributed by atoms with Crippen molar-refractivity contribution in [3.8, 4) is 0 Å². The summed E-state index contributed by atoms with van der Waals surface area (Å²) in [6.07, 6.45) is 3.45. The molecule has 2 atom stereocenters. The van der Waals surface area contributed by atoms with Crippen molar-refractivity contribution in [2.75, 3.05) is 13.7 Å². The Kier molecular flexibility index (Phi) is 4.11. The molecular formula is C9H20N2O3S. The molecule has 90 valence electrons. The Morgan fingerprint density at radius 1 is 1.53 bits per heavy atom. The second kappa shape index (κ2) is 4.78. The summed E-state index contributed by atoms with van der Waals surface area (Å²) < 4.78 is 27.6. The van der Waals surface area contributed by atoms with Crippen LogP contribution in [0.1, 0.15) is 32.6 Å². The van der Waals surface area contributed by atoms with Gasteiger partial charge >= 0.3 is 0 Å². The van der Waals surface area contributed by atoms with E-state index in [1.54, 1.807) is 0 Å². The van der Waals surface area contributed by atoms with Gasteiger partial charge in [-0.25, -0.2) is 4.72 Å². The van der Waals surface area contributed by atoms with E-state index in [2.05, 4.69) is 16.4 Å². The molecule has 15 heavy (non-hydrogen) atoms. The van der Waals surface area contributed by atoms with Crippen molar-refractivity contribution in [2.45, 2.75) is 38.1 Å². The van der Waals surface area contributed by atoms with E-state index in [9.17, 15) is 13.5 Å². The molecule has 0 aromatic heterocycles. The summed E-state index contributed by atoms with van der Waals surface area (Å²) in [5.74, 6) is 0.449. The molecule has 0 heterocycles. The fraction of sp³-hybridized carbons (Fsp3) is 1.00. The van der Waals surface area contributed by atoms with Gasteiger partial charge in [0.15, 0.2) is 0 Å². The lowest BCUT2D eigenvalue weighted by Crippen LogP contribution is -2.56. The van der Waals surface area contributed by atoms with Gasteiger partial charge in [0.05, 0.1) is 12.1 Å². The summed E-state index contributed by atoms with van der Waals surface area (Å²) in [6, 6.07) is 0. The van der Waals surface area contributed by atoms with Crippen LogP contribution in [0.2, 0.25) is 0 Å². The molecule has 1 aliphatic rings. The number of hydrogen-bond acceptors (Lipinski definition) is 3. The average molecular weight is 236 g/mol. The van der Waals surface area contributed by atoms with Gasteiger partial charge in [0.1, 0.15) is 0 Å². The van der Waals surface area contributed by atoms with E-state index < -0.39 is 15.7 Å². The molecule has 0 spiro atoms. The third-order valence-electron chi connectivity index (χ3n) is 3.01. The smallest absolute Gasteiger partial charge is 0.277 e. The molecule has 0 aromatic carbocycles.